The van der Waals surface area contributed by atoms with Crippen molar-refractivity contribution in [3.8, 4) is 17.2 Å². The first-order valence-corrected chi connectivity index (χ1v) is 11.0. The predicted octanol–water partition coefficient (Wildman–Crippen LogP) is 3.10. The third kappa shape index (κ3) is 4.02. The first kappa shape index (κ1) is 23.4. The van der Waals surface area contributed by atoms with E-state index in [0.717, 1.165) is 0 Å². The van der Waals surface area contributed by atoms with Gasteiger partial charge in [-0.1, -0.05) is 0 Å². The summed E-state index contributed by atoms with van der Waals surface area (Å²) in [5, 5.41) is 2.85. The molecule has 9 heteroatoms. The molecular formula is C25H27NO8. The maximum Gasteiger partial charge on any atom is 0.317 e. The van der Waals surface area contributed by atoms with Crippen LogP contribution in [0.2, 0.25) is 0 Å². The fraction of sp³-hybridized carbons (Fsp3) is 0.400. The van der Waals surface area contributed by atoms with Gasteiger partial charge in [0.05, 0.1) is 34.2 Å². The molecule has 0 saturated heterocycles. The molecule has 2 aromatic rings. The van der Waals surface area contributed by atoms with Gasteiger partial charge >= 0.3 is 5.97 Å². The summed E-state index contributed by atoms with van der Waals surface area (Å²) in [6.07, 6.45) is 1.78. The Hall–Kier alpha value is -3.75. The van der Waals surface area contributed by atoms with Gasteiger partial charge in [-0.05, 0) is 43.2 Å². The molecule has 3 unspecified atom stereocenters. The van der Waals surface area contributed by atoms with Gasteiger partial charge in [-0.25, -0.2) is 0 Å². The fourth-order valence-corrected chi connectivity index (χ4v) is 4.81. The standard InChI is InChI=1S/C25H27NO8/c1-5-33-25(29)22-15(17-7-6-8-34-17)11-16-21(23(22)28)14(12-20(27)26-16)13-9-18(30-2)24(32-4)19(10-13)31-3/h6-10,14-15,22H,5,11-12H2,1-4H3,(H,26,27). The number of ketones is 1. The van der Waals surface area contributed by atoms with Gasteiger partial charge in [0, 0.05) is 29.5 Å². The highest BCUT2D eigenvalue weighted by Gasteiger charge is 2.48. The van der Waals surface area contributed by atoms with E-state index in [9.17, 15) is 14.4 Å². The Labute approximate surface area is 197 Å². The van der Waals surface area contributed by atoms with Crippen LogP contribution in [0.3, 0.4) is 0 Å². The molecule has 0 bridgehead atoms. The molecule has 1 amide bonds. The highest BCUT2D eigenvalue weighted by atomic mass is 16.5. The lowest BCUT2D eigenvalue weighted by molar-refractivity contribution is -0.152. The largest absolute Gasteiger partial charge is 0.493 e. The van der Waals surface area contributed by atoms with Crippen LogP contribution in [-0.2, 0) is 19.1 Å². The molecule has 0 radical (unpaired) electrons. The van der Waals surface area contributed by atoms with Gasteiger partial charge in [0.2, 0.25) is 11.7 Å². The molecule has 1 aromatic heterocycles. The molecule has 1 aromatic carbocycles. The molecule has 1 aliphatic heterocycles. The van der Waals surface area contributed by atoms with Crippen LogP contribution in [0.1, 0.15) is 42.9 Å². The summed E-state index contributed by atoms with van der Waals surface area (Å²) in [7, 11) is 4.49. The van der Waals surface area contributed by atoms with Gasteiger partial charge in [0.15, 0.2) is 17.3 Å². The summed E-state index contributed by atoms with van der Waals surface area (Å²) >= 11 is 0. The van der Waals surface area contributed by atoms with Crippen LogP contribution in [0.4, 0.5) is 0 Å². The zero-order valence-electron chi connectivity index (χ0n) is 19.5. The maximum atomic E-state index is 13.9. The summed E-state index contributed by atoms with van der Waals surface area (Å²) in [5.74, 6) is -1.78. The minimum Gasteiger partial charge on any atom is -0.493 e. The van der Waals surface area contributed by atoms with Crippen molar-refractivity contribution in [2.45, 2.75) is 31.6 Å². The number of furan rings is 1. The van der Waals surface area contributed by atoms with E-state index in [1.54, 1.807) is 31.2 Å². The van der Waals surface area contributed by atoms with Crippen LogP contribution >= 0.6 is 0 Å². The third-order valence-electron chi connectivity index (χ3n) is 6.27. The van der Waals surface area contributed by atoms with E-state index in [1.807, 2.05) is 0 Å². The molecule has 0 saturated carbocycles. The minimum atomic E-state index is -1.08. The van der Waals surface area contributed by atoms with E-state index in [-0.39, 0.29) is 31.1 Å². The maximum absolute atomic E-state index is 13.9. The van der Waals surface area contributed by atoms with Crippen molar-refractivity contribution in [3.05, 3.63) is 53.1 Å². The smallest absolute Gasteiger partial charge is 0.317 e. The normalized spacial score (nSPS) is 22.1. The van der Waals surface area contributed by atoms with Gasteiger partial charge in [0.1, 0.15) is 11.7 Å². The number of Topliss-reactive ketones (excluding diaryl/α,β-unsaturated/α-hetero) is 1. The number of carbonyl (C=O) groups is 3. The van der Waals surface area contributed by atoms with E-state index in [1.165, 1.54) is 27.6 Å². The van der Waals surface area contributed by atoms with Crippen LogP contribution in [0, 0.1) is 5.92 Å². The fourth-order valence-electron chi connectivity index (χ4n) is 4.81. The molecule has 3 atom stereocenters. The second-order valence-corrected chi connectivity index (χ2v) is 8.08. The zero-order valence-corrected chi connectivity index (χ0v) is 19.5. The van der Waals surface area contributed by atoms with Gasteiger partial charge in [-0.2, -0.15) is 0 Å². The number of rotatable bonds is 7. The quantitative estimate of drug-likeness (QED) is 0.486. The van der Waals surface area contributed by atoms with E-state index in [2.05, 4.69) is 5.32 Å². The molecule has 1 aliphatic carbocycles. The van der Waals surface area contributed by atoms with Crippen molar-refractivity contribution in [1.29, 1.82) is 0 Å². The number of nitrogens with one attached hydrogen (secondary N) is 1. The van der Waals surface area contributed by atoms with E-state index in [4.69, 9.17) is 23.4 Å². The number of hydrogen-bond acceptors (Lipinski definition) is 8. The van der Waals surface area contributed by atoms with Crippen molar-refractivity contribution >= 4 is 17.7 Å². The van der Waals surface area contributed by atoms with Gasteiger partial charge < -0.3 is 28.7 Å². The van der Waals surface area contributed by atoms with Crippen LogP contribution in [0.5, 0.6) is 17.2 Å². The lowest BCUT2D eigenvalue weighted by Gasteiger charge is -2.37. The molecule has 1 N–H and O–H groups in total. The van der Waals surface area contributed by atoms with Crippen molar-refractivity contribution in [2.75, 3.05) is 27.9 Å². The van der Waals surface area contributed by atoms with Crippen LogP contribution in [0.15, 0.2) is 46.2 Å². The Bertz CT molecular complexity index is 1110. The SMILES string of the molecule is CCOC(=O)C1C(=O)C2=C(CC1c1ccco1)NC(=O)CC2c1cc(OC)c(OC)c(OC)c1. The van der Waals surface area contributed by atoms with Crippen molar-refractivity contribution in [3.63, 3.8) is 0 Å². The molecule has 9 nitrogen and oxygen atoms in total. The number of ether oxygens (including phenoxy) is 4. The molecule has 34 heavy (non-hydrogen) atoms. The monoisotopic (exact) mass is 469 g/mol. The van der Waals surface area contributed by atoms with Crippen molar-refractivity contribution in [2.24, 2.45) is 5.92 Å². The summed E-state index contributed by atoms with van der Waals surface area (Å²) in [6, 6.07) is 6.86. The van der Waals surface area contributed by atoms with Crippen molar-refractivity contribution in [1.82, 2.24) is 5.32 Å². The first-order chi connectivity index (χ1) is 16.4. The number of benzene rings is 1. The Morgan fingerprint density at radius 3 is 2.35 bits per heavy atom. The first-order valence-electron chi connectivity index (χ1n) is 11.0. The van der Waals surface area contributed by atoms with Gasteiger partial charge in [0.25, 0.3) is 0 Å². The predicted molar refractivity (Wildman–Crippen MR) is 120 cm³/mol. The lowest BCUT2D eigenvalue weighted by atomic mass is 9.69. The summed E-state index contributed by atoms with van der Waals surface area (Å²) < 4.78 is 27.1. The molecule has 4 rings (SSSR count). The Morgan fingerprint density at radius 1 is 1.09 bits per heavy atom. The Morgan fingerprint density at radius 2 is 1.79 bits per heavy atom. The molecule has 0 spiro atoms. The van der Waals surface area contributed by atoms with Gasteiger partial charge in [-0.15, -0.1) is 0 Å². The highest BCUT2D eigenvalue weighted by molar-refractivity contribution is 6.12. The van der Waals surface area contributed by atoms with Gasteiger partial charge in [-0.3, -0.25) is 14.4 Å². The number of allylic oxidation sites excluding steroid dienone is 2. The Kier molecular flexibility index (Phi) is 6.63. The summed E-state index contributed by atoms with van der Waals surface area (Å²) in [6.45, 7) is 1.84. The van der Waals surface area contributed by atoms with E-state index in [0.29, 0.717) is 39.8 Å². The highest BCUT2D eigenvalue weighted by Crippen LogP contribution is 2.48. The lowest BCUT2D eigenvalue weighted by Crippen LogP contribution is -2.44. The number of amides is 1. The minimum absolute atomic E-state index is 0.0319. The number of esters is 1. The van der Waals surface area contributed by atoms with E-state index < -0.39 is 23.7 Å². The molecule has 0 fully saturated rings. The summed E-state index contributed by atoms with van der Waals surface area (Å²) in [4.78, 5) is 39.5. The average molecular weight is 469 g/mol. The van der Waals surface area contributed by atoms with E-state index >= 15 is 0 Å². The van der Waals surface area contributed by atoms with Crippen LogP contribution in [0.25, 0.3) is 0 Å². The molecule has 2 aliphatic rings. The summed E-state index contributed by atoms with van der Waals surface area (Å²) in [5.41, 5.74) is 1.51. The van der Waals surface area contributed by atoms with Crippen molar-refractivity contribution < 1.29 is 37.7 Å². The molecular weight excluding hydrogens is 442 g/mol. The van der Waals surface area contributed by atoms with Crippen LogP contribution in [-0.4, -0.2) is 45.6 Å². The molecule has 2 heterocycles. The number of carbonyl (C=O) groups excluding carboxylic acids is 3. The second kappa shape index (κ2) is 9.62. The Balaban J connectivity index is 1.85. The third-order valence-corrected chi connectivity index (χ3v) is 6.27. The number of methoxy groups -OCH3 is 3. The second-order valence-electron chi connectivity index (χ2n) is 8.08. The number of hydrogen-bond donors (Lipinski definition) is 1. The topological polar surface area (TPSA) is 113 Å². The average Bonchev–Trinajstić information content (AvgIpc) is 3.37. The van der Waals surface area contributed by atoms with Crippen LogP contribution < -0.4 is 19.5 Å². The zero-order chi connectivity index (χ0) is 24.4. The molecule has 180 valence electrons.